The zero-order chi connectivity index (χ0) is 15.5. The number of nitrogens with two attached hydrogens (primary N) is 1. The van der Waals surface area contributed by atoms with Crippen LogP contribution in [0.4, 0.5) is 17.1 Å². The van der Waals surface area contributed by atoms with E-state index in [0.717, 1.165) is 18.2 Å². The maximum absolute atomic E-state index is 12.1. The molecule has 0 saturated heterocycles. The fourth-order valence-corrected chi connectivity index (χ4v) is 2.58. The van der Waals surface area contributed by atoms with Crippen LogP contribution in [-0.4, -0.2) is 23.3 Å². The van der Waals surface area contributed by atoms with Gasteiger partial charge < -0.3 is 5.43 Å². The van der Waals surface area contributed by atoms with Gasteiger partial charge in [-0.2, -0.15) is 0 Å². The second-order valence-electron chi connectivity index (χ2n) is 3.81. The summed E-state index contributed by atoms with van der Waals surface area (Å²) in [7, 11) is -3.94. The third-order valence-corrected chi connectivity index (χ3v) is 3.82. The molecule has 0 aliphatic carbocycles. The molecule has 1 aromatic carbocycles. The molecule has 110 valence electrons. The third kappa shape index (κ3) is 3.21. The number of anilines is 2. The minimum atomic E-state index is -3.94. The quantitative estimate of drug-likeness (QED) is 0.409. The first kappa shape index (κ1) is 14.6. The van der Waals surface area contributed by atoms with Crippen molar-refractivity contribution in [3.8, 4) is 0 Å². The maximum Gasteiger partial charge on any atom is 0.293 e. The lowest BCUT2D eigenvalue weighted by Crippen LogP contribution is -2.15. The largest absolute Gasteiger partial charge is 0.318 e. The number of nitrogens with one attached hydrogen (secondary N) is 2. The van der Waals surface area contributed by atoms with E-state index in [1.165, 1.54) is 18.7 Å². The lowest BCUT2D eigenvalue weighted by molar-refractivity contribution is -0.384. The Labute approximate surface area is 119 Å². The van der Waals surface area contributed by atoms with Gasteiger partial charge in [0.2, 0.25) is 0 Å². The third-order valence-electron chi connectivity index (χ3n) is 2.44. The van der Waals surface area contributed by atoms with Crippen LogP contribution < -0.4 is 16.0 Å². The Bertz CT molecular complexity index is 764. The first-order valence-electron chi connectivity index (χ1n) is 5.47. The van der Waals surface area contributed by atoms with Crippen molar-refractivity contribution < 1.29 is 13.3 Å². The highest BCUT2D eigenvalue weighted by atomic mass is 32.2. The molecule has 11 heteroatoms. The summed E-state index contributed by atoms with van der Waals surface area (Å²) in [5, 5.41) is 10.8. The molecule has 4 N–H and O–H groups in total. The SMILES string of the molecule is NNc1cc(S(=O)(=O)Nc2cncnc2)ccc1[N+](=O)[O-]. The number of rotatable bonds is 5. The molecule has 21 heavy (non-hydrogen) atoms. The van der Waals surface area contributed by atoms with Crippen LogP contribution in [-0.2, 0) is 10.0 Å². The van der Waals surface area contributed by atoms with Gasteiger partial charge >= 0.3 is 0 Å². The van der Waals surface area contributed by atoms with Crippen molar-refractivity contribution in [3.63, 3.8) is 0 Å². The van der Waals surface area contributed by atoms with Crippen molar-refractivity contribution in [2.45, 2.75) is 4.90 Å². The van der Waals surface area contributed by atoms with Gasteiger partial charge in [0.15, 0.2) is 0 Å². The summed E-state index contributed by atoms with van der Waals surface area (Å²) >= 11 is 0. The molecule has 0 fully saturated rings. The van der Waals surface area contributed by atoms with E-state index in [2.05, 4.69) is 20.1 Å². The lowest BCUT2D eigenvalue weighted by atomic mass is 10.3. The second kappa shape index (κ2) is 5.68. The molecule has 2 aromatic rings. The van der Waals surface area contributed by atoms with Crippen molar-refractivity contribution >= 4 is 27.1 Å². The van der Waals surface area contributed by atoms with E-state index >= 15 is 0 Å². The predicted molar refractivity (Wildman–Crippen MR) is 73.7 cm³/mol. The fraction of sp³-hybridized carbons (Fsp3) is 0. The van der Waals surface area contributed by atoms with E-state index in [-0.39, 0.29) is 22.0 Å². The van der Waals surface area contributed by atoms with Gasteiger partial charge in [0.25, 0.3) is 15.7 Å². The van der Waals surface area contributed by atoms with Crippen LogP contribution in [0.15, 0.2) is 41.8 Å². The fourth-order valence-electron chi connectivity index (χ4n) is 1.52. The standard InChI is InChI=1S/C10H10N6O4S/c11-14-9-3-8(1-2-10(9)16(17)18)21(19,20)15-7-4-12-6-13-5-7/h1-6,14-15H,11H2. The van der Waals surface area contributed by atoms with Crippen LogP contribution in [0, 0.1) is 10.1 Å². The van der Waals surface area contributed by atoms with E-state index in [0.29, 0.717) is 0 Å². The van der Waals surface area contributed by atoms with Crippen LogP contribution in [0.1, 0.15) is 0 Å². The van der Waals surface area contributed by atoms with Crippen molar-refractivity contribution in [3.05, 3.63) is 47.0 Å². The summed E-state index contributed by atoms with van der Waals surface area (Å²) in [4.78, 5) is 17.2. The van der Waals surface area contributed by atoms with Crippen molar-refractivity contribution in [2.75, 3.05) is 10.1 Å². The molecule has 0 bridgehead atoms. The molecule has 0 amide bonds. The number of sulfonamides is 1. The van der Waals surface area contributed by atoms with E-state index in [4.69, 9.17) is 5.84 Å². The summed E-state index contributed by atoms with van der Waals surface area (Å²) in [6.45, 7) is 0. The number of nitrogen functional groups attached to an aromatic ring is 1. The minimum Gasteiger partial charge on any atom is -0.318 e. The van der Waals surface area contributed by atoms with Crippen molar-refractivity contribution in [1.29, 1.82) is 0 Å². The molecule has 10 nitrogen and oxygen atoms in total. The Hall–Kier alpha value is -2.79. The normalized spacial score (nSPS) is 10.9. The van der Waals surface area contributed by atoms with Gasteiger partial charge in [0, 0.05) is 6.07 Å². The summed E-state index contributed by atoms with van der Waals surface area (Å²) in [6.07, 6.45) is 3.80. The van der Waals surface area contributed by atoms with Crippen LogP contribution >= 0.6 is 0 Å². The number of benzene rings is 1. The molecule has 0 spiro atoms. The van der Waals surface area contributed by atoms with Gasteiger partial charge in [0.05, 0.1) is 27.9 Å². The first-order chi connectivity index (χ1) is 9.94. The average molecular weight is 310 g/mol. The van der Waals surface area contributed by atoms with Crippen LogP contribution in [0.25, 0.3) is 0 Å². The zero-order valence-corrected chi connectivity index (χ0v) is 11.2. The lowest BCUT2D eigenvalue weighted by Gasteiger charge is -2.09. The molecule has 0 aliphatic heterocycles. The van der Waals surface area contributed by atoms with E-state index in [1.807, 2.05) is 0 Å². The van der Waals surface area contributed by atoms with Crippen LogP contribution in [0.3, 0.4) is 0 Å². The van der Waals surface area contributed by atoms with E-state index in [9.17, 15) is 18.5 Å². The summed E-state index contributed by atoms with van der Waals surface area (Å²) < 4.78 is 26.5. The molecule has 0 saturated carbocycles. The average Bonchev–Trinajstić information content (AvgIpc) is 2.47. The Morgan fingerprint density at radius 2 is 1.90 bits per heavy atom. The number of nitro benzene ring substituents is 1. The predicted octanol–water partition coefficient (Wildman–Crippen LogP) is 0.471. The zero-order valence-electron chi connectivity index (χ0n) is 10.4. The Morgan fingerprint density at radius 1 is 1.24 bits per heavy atom. The Morgan fingerprint density at radius 3 is 2.48 bits per heavy atom. The molecule has 0 radical (unpaired) electrons. The van der Waals surface area contributed by atoms with Crippen LogP contribution in [0.5, 0.6) is 0 Å². The molecule has 0 aliphatic rings. The van der Waals surface area contributed by atoms with Gasteiger partial charge in [-0.25, -0.2) is 18.4 Å². The van der Waals surface area contributed by atoms with Crippen LogP contribution in [0.2, 0.25) is 0 Å². The van der Waals surface area contributed by atoms with Gasteiger partial charge in [-0.1, -0.05) is 0 Å². The maximum atomic E-state index is 12.1. The number of hydrogen-bond acceptors (Lipinski definition) is 8. The van der Waals surface area contributed by atoms with Gasteiger partial charge in [-0.3, -0.25) is 20.7 Å². The molecule has 0 unspecified atom stereocenters. The monoisotopic (exact) mass is 310 g/mol. The highest BCUT2D eigenvalue weighted by Crippen LogP contribution is 2.27. The van der Waals surface area contributed by atoms with Crippen molar-refractivity contribution in [1.82, 2.24) is 9.97 Å². The number of nitrogens with zero attached hydrogens (tertiary/aromatic N) is 3. The minimum absolute atomic E-state index is 0.118. The summed E-state index contributed by atoms with van der Waals surface area (Å²) in [5.74, 6) is 5.16. The first-order valence-corrected chi connectivity index (χ1v) is 6.95. The Kier molecular flexibility index (Phi) is 3.95. The van der Waals surface area contributed by atoms with Crippen molar-refractivity contribution in [2.24, 2.45) is 5.84 Å². The number of hydrazine groups is 1. The van der Waals surface area contributed by atoms with E-state index < -0.39 is 14.9 Å². The molecular weight excluding hydrogens is 300 g/mol. The van der Waals surface area contributed by atoms with E-state index in [1.54, 1.807) is 0 Å². The summed E-state index contributed by atoms with van der Waals surface area (Å²) in [6, 6.07) is 3.21. The summed E-state index contributed by atoms with van der Waals surface area (Å²) in [5.41, 5.74) is 1.81. The van der Waals surface area contributed by atoms with Gasteiger partial charge in [-0.05, 0) is 12.1 Å². The topological polar surface area (TPSA) is 153 Å². The Balaban J connectivity index is 2.39. The number of aromatic nitrogens is 2. The number of hydrogen-bond donors (Lipinski definition) is 3. The molecular formula is C10H10N6O4S. The second-order valence-corrected chi connectivity index (χ2v) is 5.50. The molecule has 1 aromatic heterocycles. The molecule has 2 rings (SSSR count). The van der Waals surface area contributed by atoms with Gasteiger partial charge in [0.1, 0.15) is 12.0 Å². The van der Waals surface area contributed by atoms with Gasteiger partial charge in [-0.15, -0.1) is 0 Å². The molecule has 1 heterocycles. The molecule has 0 atom stereocenters. The highest BCUT2D eigenvalue weighted by molar-refractivity contribution is 7.92. The number of nitro groups is 1. The highest BCUT2D eigenvalue weighted by Gasteiger charge is 2.20. The smallest absolute Gasteiger partial charge is 0.293 e.